The maximum Gasteiger partial charge on any atom is 0.142 e. The first-order chi connectivity index (χ1) is 10.2. The predicted octanol–water partition coefficient (Wildman–Crippen LogP) is 3.56. The summed E-state index contributed by atoms with van der Waals surface area (Å²) in [6.45, 7) is 5.70. The van der Waals surface area contributed by atoms with Gasteiger partial charge in [-0.15, -0.1) is 0 Å². The lowest BCUT2D eigenvalue weighted by atomic mass is 10.1. The van der Waals surface area contributed by atoms with E-state index in [1.807, 2.05) is 25.1 Å². The van der Waals surface area contributed by atoms with Crippen molar-refractivity contribution < 1.29 is 4.74 Å². The van der Waals surface area contributed by atoms with Gasteiger partial charge in [0.25, 0.3) is 0 Å². The molecular weight excluding hydrogens is 260 g/mol. The summed E-state index contributed by atoms with van der Waals surface area (Å²) in [7, 11) is 0. The standard InChI is InChI=1S/C18H24N2O/c1-3-21-18-10-9-15(13-17(18)19)11-12-20-14(2)16-7-5-4-6-8-16/h4-10,13-14,20H,3,11-12,19H2,1-2H3. The third-order valence-corrected chi connectivity index (χ3v) is 3.54. The number of benzene rings is 2. The molecule has 0 fully saturated rings. The Morgan fingerprint density at radius 3 is 2.57 bits per heavy atom. The number of nitrogens with two attached hydrogens (primary N) is 1. The highest BCUT2D eigenvalue weighted by atomic mass is 16.5. The topological polar surface area (TPSA) is 47.3 Å². The van der Waals surface area contributed by atoms with E-state index in [-0.39, 0.29) is 0 Å². The quantitative estimate of drug-likeness (QED) is 0.764. The zero-order valence-electron chi connectivity index (χ0n) is 12.8. The third kappa shape index (κ3) is 4.50. The molecule has 0 radical (unpaired) electrons. The molecule has 0 aliphatic carbocycles. The van der Waals surface area contributed by atoms with Gasteiger partial charge in [0.15, 0.2) is 0 Å². The van der Waals surface area contributed by atoms with E-state index in [1.54, 1.807) is 0 Å². The molecule has 3 heteroatoms. The Morgan fingerprint density at radius 1 is 1.14 bits per heavy atom. The highest BCUT2D eigenvalue weighted by Gasteiger charge is 2.05. The van der Waals surface area contributed by atoms with Crippen LogP contribution < -0.4 is 15.8 Å². The summed E-state index contributed by atoms with van der Waals surface area (Å²) in [5.74, 6) is 0.770. The molecule has 0 saturated carbocycles. The van der Waals surface area contributed by atoms with Gasteiger partial charge >= 0.3 is 0 Å². The van der Waals surface area contributed by atoms with Gasteiger partial charge in [-0.3, -0.25) is 0 Å². The van der Waals surface area contributed by atoms with Crippen molar-refractivity contribution >= 4 is 5.69 Å². The van der Waals surface area contributed by atoms with Gasteiger partial charge in [-0.25, -0.2) is 0 Å². The molecule has 2 rings (SSSR count). The van der Waals surface area contributed by atoms with E-state index in [2.05, 4.69) is 42.6 Å². The van der Waals surface area contributed by atoms with Crippen molar-refractivity contribution in [3.8, 4) is 5.75 Å². The van der Waals surface area contributed by atoms with E-state index in [0.717, 1.165) is 18.7 Å². The fourth-order valence-corrected chi connectivity index (χ4v) is 2.33. The Hall–Kier alpha value is -2.00. The molecule has 0 spiro atoms. The van der Waals surface area contributed by atoms with Crippen molar-refractivity contribution in [2.75, 3.05) is 18.9 Å². The second-order valence-electron chi connectivity index (χ2n) is 5.14. The van der Waals surface area contributed by atoms with E-state index in [1.165, 1.54) is 11.1 Å². The smallest absolute Gasteiger partial charge is 0.142 e. The minimum atomic E-state index is 0.353. The number of anilines is 1. The van der Waals surface area contributed by atoms with Crippen LogP contribution in [-0.4, -0.2) is 13.2 Å². The number of hydrogen-bond acceptors (Lipinski definition) is 3. The lowest BCUT2D eigenvalue weighted by Crippen LogP contribution is -2.21. The van der Waals surface area contributed by atoms with E-state index in [4.69, 9.17) is 10.5 Å². The summed E-state index contributed by atoms with van der Waals surface area (Å²) < 4.78 is 5.45. The molecule has 0 aliphatic rings. The first-order valence-corrected chi connectivity index (χ1v) is 7.50. The van der Waals surface area contributed by atoms with Crippen molar-refractivity contribution in [1.29, 1.82) is 0 Å². The van der Waals surface area contributed by atoms with Crippen LogP contribution in [0.2, 0.25) is 0 Å². The first-order valence-electron chi connectivity index (χ1n) is 7.50. The maximum atomic E-state index is 5.98. The number of rotatable bonds is 7. The molecule has 21 heavy (non-hydrogen) atoms. The Labute approximate surface area is 127 Å². The number of ether oxygens (including phenoxy) is 1. The molecule has 112 valence electrons. The molecule has 3 N–H and O–H groups in total. The molecule has 0 saturated heterocycles. The molecule has 0 bridgehead atoms. The van der Waals surface area contributed by atoms with Crippen molar-refractivity contribution in [1.82, 2.24) is 5.32 Å². The summed E-state index contributed by atoms with van der Waals surface area (Å²) in [6.07, 6.45) is 0.952. The summed E-state index contributed by atoms with van der Waals surface area (Å²) >= 11 is 0. The SMILES string of the molecule is CCOc1ccc(CCNC(C)c2ccccc2)cc1N. The minimum absolute atomic E-state index is 0.353. The summed E-state index contributed by atoms with van der Waals surface area (Å²) in [4.78, 5) is 0. The van der Waals surface area contributed by atoms with Crippen molar-refractivity contribution in [3.63, 3.8) is 0 Å². The Balaban J connectivity index is 1.85. The highest BCUT2D eigenvalue weighted by molar-refractivity contribution is 5.54. The van der Waals surface area contributed by atoms with Crippen LogP contribution in [0.15, 0.2) is 48.5 Å². The fraction of sp³-hybridized carbons (Fsp3) is 0.333. The van der Waals surface area contributed by atoms with E-state index < -0.39 is 0 Å². The van der Waals surface area contributed by atoms with Crippen LogP contribution in [0.4, 0.5) is 5.69 Å². The molecular formula is C18H24N2O. The molecule has 1 unspecified atom stereocenters. The van der Waals surface area contributed by atoms with Gasteiger partial charge < -0.3 is 15.8 Å². The summed E-state index contributed by atoms with van der Waals surface area (Å²) in [5, 5.41) is 3.53. The molecule has 2 aromatic rings. The third-order valence-electron chi connectivity index (χ3n) is 3.54. The van der Waals surface area contributed by atoms with Crippen molar-refractivity contribution in [3.05, 3.63) is 59.7 Å². The first kappa shape index (κ1) is 15.4. The number of nitrogen functional groups attached to an aromatic ring is 1. The van der Waals surface area contributed by atoms with E-state index >= 15 is 0 Å². The van der Waals surface area contributed by atoms with Gasteiger partial charge in [0.2, 0.25) is 0 Å². The molecule has 0 amide bonds. The molecule has 2 aromatic carbocycles. The average Bonchev–Trinajstić information content (AvgIpc) is 2.51. The highest BCUT2D eigenvalue weighted by Crippen LogP contribution is 2.22. The Morgan fingerprint density at radius 2 is 1.90 bits per heavy atom. The lowest BCUT2D eigenvalue weighted by molar-refractivity contribution is 0.342. The zero-order valence-corrected chi connectivity index (χ0v) is 12.8. The van der Waals surface area contributed by atoms with Crippen LogP contribution in [0.5, 0.6) is 5.75 Å². The van der Waals surface area contributed by atoms with Crippen LogP contribution in [0, 0.1) is 0 Å². The second-order valence-corrected chi connectivity index (χ2v) is 5.14. The molecule has 0 aromatic heterocycles. The Bertz CT molecular complexity index is 554. The number of hydrogen-bond donors (Lipinski definition) is 2. The van der Waals surface area contributed by atoms with Crippen LogP contribution >= 0.6 is 0 Å². The minimum Gasteiger partial charge on any atom is -0.492 e. The monoisotopic (exact) mass is 284 g/mol. The van der Waals surface area contributed by atoms with Crippen LogP contribution in [-0.2, 0) is 6.42 Å². The van der Waals surface area contributed by atoms with Gasteiger partial charge in [0.05, 0.1) is 12.3 Å². The van der Waals surface area contributed by atoms with E-state index in [0.29, 0.717) is 18.3 Å². The van der Waals surface area contributed by atoms with Gasteiger partial charge in [-0.2, -0.15) is 0 Å². The van der Waals surface area contributed by atoms with Crippen LogP contribution in [0.25, 0.3) is 0 Å². The maximum absolute atomic E-state index is 5.98. The van der Waals surface area contributed by atoms with Gasteiger partial charge in [0.1, 0.15) is 5.75 Å². The normalized spacial score (nSPS) is 12.1. The molecule has 1 atom stereocenters. The average molecular weight is 284 g/mol. The zero-order chi connectivity index (χ0) is 15.1. The van der Waals surface area contributed by atoms with Crippen molar-refractivity contribution in [2.45, 2.75) is 26.3 Å². The lowest BCUT2D eigenvalue weighted by Gasteiger charge is -2.14. The van der Waals surface area contributed by atoms with Crippen LogP contribution in [0.3, 0.4) is 0 Å². The summed E-state index contributed by atoms with van der Waals surface area (Å²) in [6, 6.07) is 16.9. The number of nitrogens with one attached hydrogen (secondary N) is 1. The summed E-state index contributed by atoms with van der Waals surface area (Å²) in [5.41, 5.74) is 9.23. The molecule has 3 nitrogen and oxygen atoms in total. The van der Waals surface area contributed by atoms with Gasteiger partial charge in [0, 0.05) is 6.04 Å². The van der Waals surface area contributed by atoms with Gasteiger partial charge in [-0.05, 0) is 50.1 Å². The van der Waals surface area contributed by atoms with E-state index in [9.17, 15) is 0 Å². The van der Waals surface area contributed by atoms with Gasteiger partial charge in [-0.1, -0.05) is 36.4 Å². The second kappa shape index (κ2) is 7.70. The molecule has 0 aliphatic heterocycles. The van der Waals surface area contributed by atoms with Crippen molar-refractivity contribution in [2.24, 2.45) is 0 Å². The predicted molar refractivity (Wildman–Crippen MR) is 88.6 cm³/mol. The Kier molecular flexibility index (Phi) is 5.64. The van der Waals surface area contributed by atoms with Crippen LogP contribution in [0.1, 0.15) is 31.0 Å². The largest absolute Gasteiger partial charge is 0.492 e. The molecule has 0 heterocycles. The fourth-order valence-electron chi connectivity index (χ4n) is 2.33.